The van der Waals surface area contributed by atoms with Crippen LogP contribution in [0.5, 0.6) is 0 Å². The largest absolute Gasteiger partial charge is 0.480 e. The van der Waals surface area contributed by atoms with E-state index in [1.807, 2.05) is 18.7 Å². The van der Waals surface area contributed by atoms with E-state index in [0.717, 1.165) is 12.8 Å². The summed E-state index contributed by atoms with van der Waals surface area (Å²) < 4.78 is 0. The molecular formula is C12H23NO2S. The highest BCUT2D eigenvalue weighted by atomic mass is 32.2. The highest BCUT2D eigenvalue weighted by Crippen LogP contribution is 2.29. The summed E-state index contributed by atoms with van der Waals surface area (Å²) in [5.41, 5.74) is -0.761. The van der Waals surface area contributed by atoms with Crippen LogP contribution in [0, 0.1) is 0 Å². The van der Waals surface area contributed by atoms with E-state index < -0.39 is 11.5 Å². The van der Waals surface area contributed by atoms with Gasteiger partial charge in [-0.1, -0.05) is 20.8 Å². The highest BCUT2D eigenvalue weighted by molar-refractivity contribution is 8.00. The summed E-state index contributed by atoms with van der Waals surface area (Å²) in [6, 6.07) is 0.428. The summed E-state index contributed by atoms with van der Waals surface area (Å²) in [6.45, 7) is 8.21. The predicted octanol–water partition coefficient (Wildman–Crippen LogP) is 2.50. The smallest absolute Gasteiger partial charge is 0.323 e. The van der Waals surface area contributed by atoms with Gasteiger partial charge in [-0.25, -0.2) is 0 Å². The van der Waals surface area contributed by atoms with Gasteiger partial charge >= 0.3 is 5.97 Å². The van der Waals surface area contributed by atoms with Crippen LogP contribution < -0.4 is 5.32 Å². The molecule has 0 saturated heterocycles. The summed E-state index contributed by atoms with van der Waals surface area (Å²) in [6.07, 6.45) is 2.92. The molecule has 16 heavy (non-hydrogen) atoms. The minimum Gasteiger partial charge on any atom is -0.480 e. The van der Waals surface area contributed by atoms with Crippen molar-refractivity contribution in [2.45, 2.75) is 69.0 Å². The van der Waals surface area contributed by atoms with Gasteiger partial charge in [0.25, 0.3) is 0 Å². The van der Waals surface area contributed by atoms with Gasteiger partial charge in [-0.05, 0) is 31.4 Å². The molecule has 1 rings (SSSR count). The second kappa shape index (κ2) is 5.41. The molecule has 2 N–H and O–H groups in total. The Hall–Kier alpha value is -0.220. The lowest BCUT2D eigenvalue weighted by Crippen LogP contribution is -2.52. The Bertz CT molecular complexity index is 253. The minimum absolute atomic E-state index is 0.368. The molecular weight excluding hydrogens is 222 g/mol. The van der Waals surface area contributed by atoms with Gasteiger partial charge in [0.2, 0.25) is 0 Å². The van der Waals surface area contributed by atoms with Crippen LogP contribution >= 0.6 is 11.8 Å². The Balaban J connectivity index is 2.51. The van der Waals surface area contributed by atoms with Crippen LogP contribution in [0.4, 0.5) is 0 Å². The molecule has 0 aromatic heterocycles. The molecule has 3 nitrogen and oxygen atoms in total. The Morgan fingerprint density at radius 3 is 2.44 bits per heavy atom. The van der Waals surface area contributed by atoms with E-state index in [1.54, 1.807) is 0 Å². The number of nitrogens with one attached hydrogen (secondary N) is 1. The Kier molecular flexibility index (Phi) is 4.68. The summed E-state index contributed by atoms with van der Waals surface area (Å²) >= 11 is 1.84. The zero-order valence-corrected chi connectivity index (χ0v) is 11.4. The molecule has 0 aliphatic heterocycles. The van der Waals surface area contributed by atoms with Crippen molar-refractivity contribution in [1.82, 2.24) is 5.32 Å². The van der Waals surface area contributed by atoms with Crippen molar-refractivity contribution in [3.8, 4) is 0 Å². The molecule has 4 heteroatoms. The molecule has 1 aliphatic carbocycles. The summed E-state index contributed by atoms with van der Waals surface area (Å²) in [7, 11) is 0. The van der Waals surface area contributed by atoms with Crippen LogP contribution in [0.3, 0.4) is 0 Å². The fraction of sp³-hybridized carbons (Fsp3) is 0.917. The Morgan fingerprint density at radius 2 is 2.06 bits per heavy atom. The lowest BCUT2D eigenvalue weighted by molar-refractivity contribution is -0.144. The number of hydrogen-bond acceptors (Lipinski definition) is 3. The Morgan fingerprint density at radius 1 is 1.50 bits per heavy atom. The van der Waals surface area contributed by atoms with E-state index in [9.17, 15) is 9.90 Å². The van der Waals surface area contributed by atoms with Gasteiger partial charge in [-0.15, -0.1) is 0 Å². The second-order valence-corrected chi connectivity index (χ2v) is 7.28. The summed E-state index contributed by atoms with van der Waals surface area (Å²) in [5, 5.41) is 13.5. The number of aliphatic carboxylic acids is 1. The number of rotatable bonds is 7. The van der Waals surface area contributed by atoms with Crippen LogP contribution in [0.1, 0.15) is 47.0 Å². The van der Waals surface area contributed by atoms with Gasteiger partial charge in [0, 0.05) is 11.3 Å². The second-order valence-electron chi connectivity index (χ2n) is 5.26. The maximum absolute atomic E-state index is 11.3. The van der Waals surface area contributed by atoms with E-state index >= 15 is 0 Å². The van der Waals surface area contributed by atoms with E-state index in [4.69, 9.17) is 0 Å². The van der Waals surface area contributed by atoms with Crippen molar-refractivity contribution in [3.63, 3.8) is 0 Å². The first-order valence-electron chi connectivity index (χ1n) is 6.00. The van der Waals surface area contributed by atoms with Crippen molar-refractivity contribution in [1.29, 1.82) is 0 Å². The molecule has 0 spiro atoms. The van der Waals surface area contributed by atoms with Gasteiger partial charge in [-0.2, -0.15) is 11.8 Å². The quantitative estimate of drug-likeness (QED) is 0.723. The zero-order valence-electron chi connectivity index (χ0n) is 10.6. The van der Waals surface area contributed by atoms with Crippen molar-refractivity contribution in [3.05, 3.63) is 0 Å². The maximum Gasteiger partial charge on any atom is 0.323 e. The van der Waals surface area contributed by atoms with Gasteiger partial charge in [0.05, 0.1) is 0 Å². The molecule has 1 fully saturated rings. The van der Waals surface area contributed by atoms with Gasteiger partial charge in [0.15, 0.2) is 0 Å². The molecule has 0 radical (unpaired) electrons. The number of carboxylic acids is 1. The first-order chi connectivity index (χ1) is 7.33. The first kappa shape index (κ1) is 13.8. The summed E-state index contributed by atoms with van der Waals surface area (Å²) in [5.74, 6) is -0.726. The van der Waals surface area contributed by atoms with Crippen molar-refractivity contribution in [2.24, 2.45) is 0 Å². The molecule has 1 saturated carbocycles. The van der Waals surface area contributed by atoms with Crippen molar-refractivity contribution >= 4 is 17.7 Å². The topological polar surface area (TPSA) is 49.3 Å². The third-order valence-electron chi connectivity index (χ3n) is 2.77. The molecule has 0 amide bonds. The van der Waals surface area contributed by atoms with E-state index in [1.165, 1.54) is 0 Å². The molecule has 0 aromatic carbocycles. The number of thioether (sulfide) groups is 1. The first-order valence-corrected chi connectivity index (χ1v) is 6.94. The van der Waals surface area contributed by atoms with Gasteiger partial charge in [-0.3, -0.25) is 10.1 Å². The van der Waals surface area contributed by atoms with E-state index in [-0.39, 0.29) is 0 Å². The van der Waals surface area contributed by atoms with Crippen LogP contribution in [0.2, 0.25) is 0 Å². The molecule has 0 heterocycles. The van der Waals surface area contributed by atoms with Crippen LogP contribution in [-0.2, 0) is 4.79 Å². The minimum atomic E-state index is -0.761. The zero-order chi connectivity index (χ0) is 12.3. The van der Waals surface area contributed by atoms with E-state index in [0.29, 0.717) is 23.0 Å². The molecule has 94 valence electrons. The predicted molar refractivity (Wildman–Crippen MR) is 69.0 cm³/mol. The number of carbonyl (C=O) groups is 1. The van der Waals surface area contributed by atoms with Crippen LogP contribution in [0.15, 0.2) is 0 Å². The molecule has 1 aliphatic rings. The molecule has 2 atom stereocenters. The standard InChI is InChI=1S/C12H23NO2S/c1-8(2)16-9(3)7-12(4,11(14)15)13-10-5-6-10/h8-10,13H,5-7H2,1-4H3,(H,14,15). The number of hydrogen-bond donors (Lipinski definition) is 2. The fourth-order valence-electron chi connectivity index (χ4n) is 1.97. The lowest BCUT2D eigenvalue weighted by atomic mass is 9.96. The molecule has 0 bridgehead atoms. The molecule has 0 aromatic rings. The summed E-state index contributed by atoms with van der Waals surface area (Å²) in [4.78, 5) is 11.3. The monoisotopic (exact) mass is 245 g/mol. The average molecular weight is 245 g/mol. The third kappa shape index (κ3) is 4.34. The Labute approximate surface area is 102 Å². The van der Waals surface area contributed by atoms with Gasteiger partial charge < -0.3 is 5.11 Å². The van der Waals surface area contributed by atoms with Gasteiger partial charge in [0.1, 0.15) is 5.54 Å². The van der Waals surface area contributed by atoms with Crippen molar-refractivity contribution in [2.75, 3.05) is 0 Å². The van der Waals surface area contributed by atoms with E-state index in [2.05, 4.69) is 26.1 Å². The van der Waals surface area contributed by atoms with Crippen molar-refractivity contribution < 1.29 is 9.90 Å². The lowest BCUT2D eigenvalue weighted by Gasteiger charge is -2.29. The van der Waals surface area contributed by atoms with Crippen LogP contribution in [-0.4, -0.2) is 33.2 Å². The SMILES string of the molecule is CC(C)SC(C)CC(C)(NC1CC1)C(=O)O. The number of carboxylic acid groups (broad SMARTS) is 1. The third-order valence-corrected chi connectivity index (χ3v) is 3.95. The maximum atomic E-state index is 11.3. The normalized spacial score (nSPS) is 21.8. The molecule has 2 unspecified atom stereocenters. The van der Waals surface area contributed by atoms with Crippen LogP contribution in [0.25, 0.3) is 0 Å². The fourth-order valence-corrected chi connectivity index (χ4v) is 3.33. The highest BCUT2D eigenvalue weighted by Gasteiger charge is 2.39. The average Bonchev–Trinajstić information content (AvgIpc) is 2.85.